The molecule has 5 atom stereocenters. The minimum atomic E-state index is -2.45. The third kappa shape index (κ3) is 9.12. The van der Waals surface area contributed by atoms with Gasteiger partial charge in [0, 0.05) is 53.6 Å². The second kappa shape index (κ2) is 19.2. The number of aliphatic hydroxyl groups is 1. The number of ether oxygens (including phenoxy) is 2. The van der Waals surface area contributed by atoms with E-state index < -0.39 is 13.7 Å². The Kier molecular flexibility index (Phi) is 13.4. The molecular formula is C53H62N6O5Si. The largest absolute Gasteiger partial charge is 0.497 e. The number of benzene rings is 4. The predicted octanol–water partition coefficient (Wildman–Crippen LogP) is 9.42. The Hall–Kier alpha value is -6.08. The van der Waals surface area contributed by atoms with Gasteiger partial charge in [-0.05, 0) is 93.1 Å². The molecule has 0 bridgehead atoms. The Bertz CT molecular complexity index is 2700. The van der Waals surface area contributed by atoms with Gasteiger partial charge in [-0.2, -0.15) is 0 Å². The standard InChI is InChI=1S/C53H62N6O5Si/c1-35(2)14-13-15-36(3)26-29-59-48-25-20-40(55-50(61)30-39-32-54-46-19-12-11-18-43(39)46)31-45(48)53(52(59)62)37(4)51(65(6,7)42-23-21-41(63-5)22-24-42)49(64-53)27-28-58-33-47(56-57-58)44(34-60)38-16-9-8-10-17-38/h8-12,14,16-26,31-33,37,44,49,51,54,60H,13,15,27-30,34H2,1-7H3,(H,55,61)/b36-26+/t37-,44?,49+,51-,53+/m1/s1. The number of amides is 2. The summed E-state index contributed by atoms with van der Waals surface area (Å²) in [6.07, 6.45) is 10.5. The van der Waals surface area contributed by atoms with E-state index in [1.807, 2.05) is 107 Å². The number of hydrogen-bond acceptors (Lipinski definition) is 7. The van der Waals surface area contributed by atoms with Crippen LogP contribution in [0.4, 0.5) is 11.4 Å². The van der Waals surface area contributed by atoms with Gasteiger partial charge < -0.3 is 29.8 Å². The molecule has 3 N–H and O–H groups in total. The van der Waals surface area contributed by atoms with Crippen LogP contribution in [0.5, 0.6) is 5.75 Å². The predicted molar refractivity (Wildman–Crippen MR) is 261 cm³/mol. The third-order valence-corrected chi connectivity index (χ3v) is 18.2. The molecule has 0 radical (unpaired) electrons. The number of H-pyrrole nitrogens is 1. The van der Waals surface area contributed by atoms with Crippen LogP contribution in [0.1, 0.15) is 75.3 Å². The van der Waals surface area contributed by atoms with Crippen molar-refractivity contribution in [2.45, 2.75) is 96.2 Å². The zero-order chi connectivity index (χ0) is 45.9. The molecule has 65 heavy (non-hydrogen) atoms. The SMILES string of the molecule is COc1ccc([Si](C)(C)[C@H]2[C@H](CCn3cc(C(CO)c4ccccc4)nn3)O[C@@]3(C(=O)N(C/C=C(\C)CCC=C(C)C)c4ccc(NC(=O)Cc5c[nH]c6ccccc56)cc43)[C@@H]2C)cc1. The Morgan fingerprint density at radius 1 is 1.02 bits per heavy atom. The van der Waals surface area contributed by atoms with E-state index in [0.29, 0.717) is 30.9 Å². The fraction of sp³-hybridized carbons (Fsp3) is 0.358. The molecule has 2 aliphatic rings. The first kappa shape index (κ1) is 45.5. The highest BCUT2D eigenvalue weighted by Gasteiger charge is 2.66. The van der Waals surface area contributed by atoms with Crippen molar-refractivity contribution >= 4 is 47.4 Å². The highest BCUT2D eigenvalue weighted by atomic mass is 28.3. The number of methoxy groups -OCH3 is 1. The lowest BCUT2D eigenvalue weighted by Crippen LogP contribution is -2.52. The summed E-state index contributed by atoms with van der Waals surface area (Å²) >= 11 is 0. The number of fused-ring (bicyclic) bond motifs is 3. The van der Waals surface area contributed by atoms with Crippen molar-refractivity contribution in [3.05, 3.63) is 155 Å². The number of carbonyl (C=O) groups is 2. The first-order valence-electron chi connectivity index (χ1n) is 22.8. The Labute approximate surface area is 383 Å². The number of carbonyl (C=O) groups excluding carboxylic acids is 2. The number of nitrogens with one attached hydrogen (secondary N) is 2. The maximum absolute atomic E-state index is 15.6. The number of aliphatic hydroxyl groups excluding tert-OH is 1. The number of hydrogen-bond donors (Lipinski definition) is 3. The lowest BCUT2D eigenvalue weighted by Gasteiger charge is -2.37. The van der Waals surface area contributed by atoms with Crippen LogP contribution in [0, 0.1) is 5.92 Å². The van der Waals surface area contributed by atoms with Gasteiger partial charge >= 0.3 is 0 Å². The number of anilines is 2. The molecule has 4 heterocycles. The van der Waals surface area contributed by atoms with E-state index in [2.05, 4.69) is 85.7 Å². The number of allylic oxidation sites excluding steroid dienone is 3. The van der Waals surface area contributed by atoms with Crippen molar-refractivity contribution in [3.63, 3.8) is 0 Å². The molecule has 0 aliphatic carbocycles. The Balaban J connectivity index is 1.16. The van der Waals surface area contributed by atoms with Gasteiger partial charge in [-0.3, -0.25) is 14.3 Å². The summed E-state index contributed by atoms with van der Waals surface area (Å²) in [5.41, 5.74) is 6.94. The van der Waals surface area contributed by atoms with Crippen LogP contribution in [0.15, 0.2) is 133 Å². The van der Waals surface area contributed by atoms with E-state index in [1.54, 1.807) is 7.11 Å². The lowest BCUT2D eigenvalue weighted by molar-refractivity contribution is -0.145. The second-order valence-corrected chi connectivity index (χ2v) is 23.3. The first-order valence-corrected chi connectivity index (χ1v) is 25.9. The number of aromatic nitrogens is 4. The van der Waals surface area contributed by atoms with Crippen LogP contribution < -0.4 is 20.1 Å². The molecule has 12 heteroatoms. The fourth-order valence-electron chi connectivity index (χ4n) is 10.3. The van der Waals surface area contributed by atoms with E-state index in [1.165, 1.54) is 16.3 Å². The summed E-state index contributed by atoms with van der Waals surface area (Å²) in [5, 5.41) is 24.9. The van der Waals surface area contributed by atoms with Crippen molar-refractivity contribution in [1.29, 1.82) is 0 Å². The summed E-state index contributed by atoms with van der Waals surface area (Å²) in [5.74, 6) is 0.0209. The topological polar surface area (TPSA) is 135 Å². The maximum Gasteiger partial charge on any atom is 0.264 e. The molecule has 6 aromatic rings. The number of para-hydroxylation sites is 1. The number of nitrogens with zero attached hydrogens (tertiary/aromatic N) is 4. The van der Waals surface area contributed by atoms with Gasteiger partial charge in [0.2, 0.25) is 5.91 Å². The molecular weight excluding hydrogens is 829 g/mol. The summed E-state index contributed by atoms with van der Waals surface area (Å²) < 4.78 is 14.9. The third-order valence-electron chi connectivity index (χ3n) is 13.8. The molecule has 2 amide bonds. The smallest absolute Gasteiger partial charge is 0.264 e. The van der Waals surface area contributed by atoms with Crippen LogP contribution in [0.25, 0.3) is 10.9 Å². The molecule has 2 aliphatic heterocycles. The van der Waals surface area contributed by atoms with E-state index >= 15 is 4.79 Å². The molecule has 1 unspecified atom stereocenters. The van der Waals surface area contributed by atoms with Crippen molar-refractivity contribution in [3.8, 4) is 5.75 Å². The van der Waals surface area contributed by atoms with E-state index in [0.717, 1.165) is 51.9 Å². The molecule has 1 saturated heterocycles. The monoisotopic (exact) mass is 890 g/mol. The molecule has 0 saturated carbocycles. The molecule has 11 nitrogen and oxygen atoms in total. The minimum absolute atomic E-state index is 0.00776. The summed E-state index contributed by atoms with van der Waals surface area (Å²) in [6, 6.07) is 32.1. The zero-order valence-electron chi connectivity index (χ0n) is 38.7. The summed E-state index contributed by atoms with van der Waals surface area (Å²) in [6.45, 7) is 14.1. The average Bonchev–Trinajstić information content (AvgIpc) is 4.06. The van der Waals surface area contributed by atoms with Crippen LogP contribution >= 0.6 is 0 Å². The summed E-state index contributed by atoms with van der Waals surface area (Å²) in [7, 11) is -0.778. The molecule has 1 spiro atoms. The Morgan fingerprint density at radius 2 is 1.77 bits per heavy atom. The lowest BCUT2D eigenvalue weighted by atomic mass is 9.82. The summed E-state index contributed by atoms with van der Waals surface area (Å²) in [4.78, 5) is 34.5. The highest BCUT2D eigenvalue weighted by Crippen LogP contribution is 2.60. The van der Waals surface area contributed by atoms with Gasteiger partial charge in [-0.15, -0.1) is 5.10 Å². The number of aryl methyl sites for hydroxylation is 1. The van der Waals surface area contributed by atoms with Crippen LogP contribution in [0.3, 0.4) is 0 Å². The van der Waals surface area contributed by atoms with Crippen molar-refractivity contribution in [2.24, 2.45) is 5.92 Å². The van der Waals surface area contributed by atoms with Crippen molar-refractivity contribution < 1.29 is 24.2 Å². The van der Waals surface area contributed by atoms with Crippen molar-refractivity contribution in [1.82, 2.24) is 20.0 Å². The fourth-order valence-corrected chi connectivity index (χ4v) is 14.4. The normalized spacial score (nSPS) is 20.1. The first-order chi connectivity index (χ1) is 31.3. The van der Waals surface area contributed by atoms with Gasteiger partial charge in [-0.1, -0.05) is 114 Å². The van der Waals surface area contributed by atoms with E-state index in [-0.39, 0.29) is 48.3 Å². The molecule has 338 valence electrons. The highest BCUT2D eigenvalue weighted by molar-refractivity contribution is 6.91. The van der Waals surface area contributed by atoms with Crippen molar-refractivity contribution in [2.75, 3.05) is 30.5 Å². The second-order valence-electron chi connectivity index (χ2n) is 18.6. The van der Waals surface area contributed by atoms with Crippen LogP contribution in [-0.2, 0) is 32.9 Å². The van der Waals surface area contributed by atoms with E-state index in [9.17, 15) is 9.90 Å². The molecule has 4 aromatic carbocycles. The van der Waals surface area contributed by atoms with Gasteiger partial charge in [-0.25, -0.2) is 0 Å². The Morgan fingerprint density at radius 3 is 2.51 bits per heavy atom. The molecule has 2 aromatic heterocycles. The molecule has 1 fully saturated rings. The van der Waals surface area contributed by atoms with Gasteiger partial charge in [0.05, 0.1) is 51.6 Å². The van der Waals surface area contributed by atoms with Gasteiger partial charge in [0.25, 0.3) is 5.91 Å². The molecule has 8 rings (SSSR count). The number of aromatic amines is 1. The quantitative estimate of drug-likeness (QED) is 0.0614. The average molecular weight is 891 g/mol. The van der Waals surface area contributed by atoms with Gasteiger partial charge in [0.1, 0.15) is 5.75 Å². The van der Waals surface area contributed by atoms with Gasteiger partial charge in [0.15, 0.2) is 5.60 Å². The maximum atomic E-state index is 15.6. The van der Waals surface area contributed by atoms with Crippen LogP contribution in [0.2, 0.25) is 18.6 Å². The number of rotatable bonds is 17. The zero-order valence-corrected chi connectivity index (χ0v) is 39.7. The minimum Gasteiger partial charge on any atom is -0.497 e. The van der Waals surface area contributed by atoms with Crippen LogP contribution in [-0.4, -0.2) is 71.3 Å². The van der Waals surface area contributed by atoms with E-state index in [4.69, 9.17) is 9.47 Å².